The van der Waals surface area contributed by atoms with Crippen LogP contribution in [0.5, 0.6) is 0 Å². The Morgan fingerprint density at radius 3 is 2.43 bits per heavy atom. The normalized spacial score (nSPS) is 11.4. The van der Waals surface area contributed by atoms with Crippen molar-refractivity contribution in [2.45, 2.75) is 26.8 Å². The van der Waals surface area contributed by atoms with E-state index < -0.39 is 0 Å². The molecule has 1 aromatic heterocycles. The minimum atomic E-state index is 0.504. The lowest BCUT2D eigenvalue weighted by Gasteiger charge is -2.12. The first-order valence-electron chi connectivity index (χ1n) is 7.69. The molecule has 0 aliphatic heterocycles. The number of aryl methyl sites for hydroxylation is 2. The number of guanidine groups is 1. The van der Waals surface area contributed by atoms with Gasteiger partial charge in [-0.3, -0.25) is 4.99 Å². The third-order valence-corrected chi connectivity index (χ3v) is 3.68. The van der Waals surface area contributed by atoms with E-state index in [-0.39, 0.29) is 0 Å². The molecule has 0 atom stereocenters. The molecule has 0 saturated heterocycles. The fraction of sp³-hybridized carbons (Fsp3) is 0.333. The third-order valence-electron chi connectivity index (χ3n) is 3.46. The summed E-state index contributed by atoms with van der Waals surface area (Å²) in [6, 6.07) is 10.4. The molecule has 5 heteroatoms. The van der Waals surface area contributed by atoms with Gasteiger partial charge in [0.05, 0.1) is 0 Å². The number of nitrogens with one attached hydrogen (secondary N) is 2. The molecule has 1 aromatic carbocycles. The van der Waals surface area contributed by atoms with E-state index in [1.165, 1.54) is 16.7 Å². The van der Waals surface area contributed by atoms with Crippen LogP contribution in [0.3, 0.4) is 0 Å². The van der Waals surface area contributed by atoms with Crippen LogP contribution in [0.15, 0.2) is 41.5 Å². The molecule has 0 amide bonds. The fourth-order valence-corrected chi connectivity index (χ4v) is 2.57. The number of aliphatic imine (C=N–C) groups is 1. The Kier molecular flexibility index (Phi) is 6.41. The minimum Gasteiger partial charge on any atom is -0.356 e. The van der Waals surface area contributed by atoms with Gasteiger partial charge in [0, 0.05) is 26.3 Å². The first kappa shape index (κ1) is 17.3. The highest BCUT2D eigenvalue weighted by atomic mass is 35.5. The molecule has 23 heavy (non-hydrogen) atoms. The summed E-state index contributed by atoms with van der Waals surface area (Å²) in [5.41, 5.74) is 5.01. The van der Waals surface area contributed by atoms with Crippen LogP contribution < -0.4 is 10.6 Å². The van der Waals surface area contributed by atoms with Crippen molar-refractivity contribution < 1.29 is 0 Å². The lowest BCUT2D eigenvalue weighted by Crippen LogP contribution is -2.37. The Morgan fingerprint density at radius 2 is 1.83 bits per heavy atom. The second-order valence-corrected chi connectivity index (χ2v) is 5.97. The lowest BCUT2D eigenvalue weighted by atomic mass is 10.1. The number of halogens is 1. The Balaban J connectivity index is 1.79. The minimum absolute atomic E-state index is 0.504. The van der Waals surface area contributed by atoms with E-state index in [2.05, 4.69) is 52.7 Å². The zero-order valence-corrected chi connectivity index (χ0v) is 14.6. The predicted molar refractivity (Wildman–Crippen MR) is 97.1 cm³/mol. The van der Waals surface area contributed by atoms with Gasteiger partial charge in [-0.25, -0.2) is 4.98 Å². The molecule has 0 radical (unpaired) electrons. The van der Waals surface area contributed by atoms with Crippen LogP contribution in [-0.4, -0.2) is 24.5 Å². The van der Waals surface area contributed by atoms with Gasteiger partial charge in [-0.2, -0.15) is 0 Å². The van der Waals surface area contributed by atoms with Crippen molar-refractivity contribution in [1.82, 2.24) is 15.6 Å². The van der Waals surface area contributed by atoms with Crippen LogP contribution in [0.25, 0.3) is 0 Å². The Labute approximate surface area is 143 Å². The van der Waals surface area contributed by atoms with E-state index in [9.17, 15) is 0 Å². The first-order valence-corrected chi connectivity index (χ1v) is 8.07. The summed E-state index contributed by atoms with van der Waals surface area (Å²) in [7, 11) is 1.77. The number of nitrogens with zero attached hydrogens (tertiary/aromatic N) is 2. The number of rotatable bonds is 5. The highest BCUT2D eigenvalue weighted by Crippen LogP contribution is 2.09. The summed E-state index contributed by atoms with van der Waals surface area (Å²) in [6.45, 7) is 5.75. The second-order valence-electron chi connectivity index (χ2n) is 5.59. The molecule has 0 saturated carbocycles. The van der Waals surface area contributed by atoms with Crippen molar-refractivity contribution in [2.24, 2.45) is 4.99 Å². The summed E-state index contributed by atoms with van der Waals surface area (Å²) >= 11 is 5.78. The van der Waals surface area contributed by atoms with E-state index in [4.69, 9.17) is 11.6 Å². The van der Waals surface area contributed by atoms with Crippen LogP contribution in [0.1, 0.15) is 22.3 Å². The van der Waals surface area contributed by atoms with Crippen LogP contribution >= 0.6 is 11.6 Å². The quantitative estimate of drug-likeness (QED) is 0.502. The van der Waals surface area contributed by atoms with E-state index >= 15 is 0 Å². The molecule has 122 valence electrons. The van der Waals surface area contributed by atoms with Gasteiger partial charge in [0.25, 0.3) is 0 Å². The molecule has 2 rings (SSSR count). The SMILES string of the molecule is CN=C(NCCc1cc(C)cc(C)c1)NCc1ccc(Cl)nc1. The lowest BCUT2D eigenvalue weighted by molar-refractivity contribution is 0.792. The molecule has 0 fully saturated rings. The van der Waals surface area contributed by atoms with Gasteiger partial charge < -0.3 is 10.6 Å². The fourth-order valence-electron chi connectivity index (χ4n) is 2.46. The van der Waals surface area contributed by atoms with Crippen LogP contribution in [0.2, 0.25) is 5.15 Å². The maximum atomic E-state index is 5.78. The standard InChI is InChI=1S/C18H23ClN4/c1-13-8-14(2)10-15(9-13)6-7-21-18(20-3)23-12-16-4-5-17(19)22-11-16/h4-5,8-11H,6-7,12H2,1-3H3,(H2,20,21,23). The van der Waals surface area contributed by atoms with E-state index in [1.807, 2.05) is 6.07 Å². The summed E-state index contributed by atoms with van der Waals surface area (Å²) < 4.78 is 0. The molecular weight excluding hydrogens is 308 g/mol. The average Bonchev–Trinajstić information content (AvgIpc) is 2.51. The van der Waals surface area contributed by atoms with Crippen molar-refractivity contribution in [1.29, 1.82) is 0 Å². The number of hydrogen-bond acceptors (Lipinski definition) is 2. The molecule has 0 bridgehead atoms. The Bertz CT molecular complexity index is 645. The largest absolute Gasteiger partial charge is 0.356 e. The van der Waals surface area contributed by atoms with Crippen molar-refractivity contribution in [3.8, 4) is 0 Å². The number of hydrogen-bond donors (Lipinski definition) is 2. The monoisotopic (exact) mass is 330 g/mol. The first-order chi connectivity index (χ1) is 11.1. The summed E-state index contributed by atoms with van der Waals surface area (Å²) in [5.74, 6) is 0.782. The highest BCUT2D eigenvalue weighted by molar-refractivity contribution is 6.29. The topological polar surface area (TPSA) is 49.3 Å². The summed E-state index contributed by atoms with van der Waals surface area (Å²) in [5, 5.41) is 7.11. The number of benzene rings is 1. The van der Waals surface area contributed by atoms with Crippen molar-refractivity contribution in [3.63, 3.8) is 0 Å². The van der Waals surface area contributed by atoms with Crippen LogP contribution in [0.4, 0.5) is 0 Å². The van der Waals surface area contributed by atoms with E-state index in [0.29, 0.717) is 11.7 Å². The van der Waals surface area contributed by atoms with Gasteiger partial charge in [-0.05, 0) is 37.5 Å². The highest BCUT2D eigenvalue weighted by Gasteiger charge is 2.00. The Hall–Kier alpha value is -2.07. The van der Waals surface area contributed by atoms with Gasteiger partial charge >= 0.3 is 0 Å². The maximum Gasteiger partial charge on any atom is 0.191 e. The zero-order chi connectivity index (χ0) is 16.7. The van der Waals surface area contributed by atoms with Gasteiger partial charge in [0.15, 0.2) is 5.96 Å². The maximum absolute atomic E-state index is 5.78. The zero-order valence-electron chi connectivity index (χ0n) is 13.9. The predicted octanol–water partition coefficient (Wildman–Crippen LogP) is 3.26. The Morgan fingerprint density at radius 1 is 1.09 bits per heavy atom. The van der Waals surface area contributed by atoms with Gasteiger partial charge in [0.2, 0.25) is 0 Å². The number of pyridine rings is 1. The van der Waals surface area contributed by atoms with Crippen LogP contribution in [0, 0.1) is 13.8 Å². The third kappa shape index (κ3) is 5.91. The molecule has 0 aliphatic carbocycles. The molecule has 4 nitrogen and oxygen atoms in total. The van der Waals surface area contributed by atoms with Crippen molar-refractivity contribution in [2.75, 3.05) is 13.6 Å². The van der Waals surface area contributed by atoms with Crippen LogP contribution in [-0.2, 0) is 13.0 Å². The number of aromatic nitrogens is 1. The molecular formula is C18H23ClN4. The summed E-state index contributed by atoms with van der Waals surface area (Å²) in [6.07, 6.45) is 2.73. The molecule has 1 heterocycles. The average molecular weight is 331 g/mol. The van der Waals surface area contributed by atoms with Crippen molar-refractivity contribution in [3.05, 3.63) is 63.9 Å². The summed E-state index contributed by atoms with van der Waals surface area (Å²) in [4.78, 5) is 8.30. The van der Waals surface area contributed by atoms with Crippen molar-refractivity contribution >= 4 is 17.6 Å². The molecule has 2 aromatic rings. The molecule has 2 N–H and O–H groups in total. The smallest absolute Gasteiger partial charge is 0.191 e. The molecule has 0 spiro atoms. The van der Waals surface area contributed by atoms with E-state index in [1.54, 1.807) is 19.3 Å². The second kappa shape index (κ2) is 8.53. The van der Waals surface area contributed by atoms with Gasteiger partial charge in [-0.15, -0.1) is 0 Å². The van der Waals surface area contributed by atoms with Gasteiger partial charge in [0.1, 0.15) is 5.15 Å². The van der Waals surface area contributed by atoms with Gasteiger partial charge in [-0.1, -0.05) is 47.0 Å². The molecule has 0 aliphatic rings. The van der Waals surface area contributed by atoms with E-state index in [0.717, 1.165) is 24.5 Å². The molecule has 0 unspecified atom stereocenters.